The lowest BCUT2D eigenvalue weighted by Gasteiger charge is -2.23. The molecule has 5 heteroatoms. The summed E-state index contributed by atoms with van der Waals surface area (Å²) in [6.07, 6.45) is 2.39. The number of hydrogen-bond acceptors (Lipinski definition) is 3. The largest absolute Gasteiger partial charge is 0.325 e. The van der Waals surface area contributed by atoms with Crippen LogP contribution in [0.15, 0.2) is 24.3 Å². The van der Waals surface area contributed by atoms with Crippen molar-refractivity contribution in [2.75, 3.05) is 31.5 Å². The molecule has 1 saturated heterocycles. The van der Waals surface area contributed by atoms with Gasteiger partial charge in [0.25, 0.3) is 0 Å². The molecule has 1 aromatic carbocycles. The van der Waals surface area contributed by atoms with Crippen LogP contribution >= 0.6 is 0 Å². The Labute approximate surface area is 119 Å². The number of likely N-dealkylation sites (N-methyl/N-ethyl adjacent to an activating group) is 1. The lowest BCUT2D eigenvalue weighted by Crippen LogP contribution is -2.41. The standard InChI is InChI=1S/C15H22FN3O/c1-2-19(10-14-4-3-9-17-14)11-15(20)18-13-7-5-12(16)6-8-13/h5-8,14,17H,2-4,9-11H2,1H3,(H,18,20). The van der Waals surface area contributed by atoms with Gasteiger partial charge >= 0.3 is 0 Å². The van der Waals surface area contributed by atoms with E-state index in [1.807, 2.05) is 0 Å². The van der Waals surface area contributed by atoms with Crippen LogP contribution in [0.2, 0.25) is 0 Å². The van der Waals surface area contributed by atoms with Gasteiger partial charge < -0.3 is 10.6 Å². The average molecular weight is 279 g/mol. The third kappa shape index (κ3) is 4.58. The maximum Gasteiger partial charge on any atom is 0.238 e. The molecule has 1 amide bonds. The van der Waals surface area contributed by atoms with Gasteiger partial charge in [-0.25, -0.2) is 4.39 Å². The van der Waals surface area contributed by atoms with Gasteiger partial charge in [0.15, 0.2) is 0 Å². The smallest absolute Gasteiger partial charge is 0.238 e. The van der Waals surface area contributed by atoms with E-state index < -0.39 is 0 Å². The molecule has 2 N–H and O–H groups in total. The summed E-state index contributed by atoms with van der Waals surface area (Å²) in [5, 5.41) is 6.23. The van der Waals surface area contributed by atoms with Crippen molar-refractivity contribution in [3.63, 3.8) is 0 Å². The van der Waals surface area contributed by atoms with E-state index in [9.17, 15) is 9.18 Å². The Morgan fingerprint density at radius 1 is 1.45 bits per heavy atom. The van der Waals surface area contributed by atoms with E-state index in [2.05, 4.69) is 22.5 Å². The van der Waals surface area contributed by atoms with Gasteiger partial charge in [0.2, 0.25) is 5.91 Å². The van der Waals surface area contributed by atoms with Crippen LogP contribution in [0.5, 0.6) is 0 Å². The number of nitrogens with zero attached hydrogens (tertiary/aromatic N) is 1. The quantitative estimate of drug-likeness (QED) is 0.835. The minimum absolute atomic E-state index is 0.0588. The highest BCUT2D eigenvalue weighted by atomic mass is 19.1. The summed E-state index contributed by atoms with van der Waals surface area (Å²) in [5.74, 6) is -0.359. The van der Waals surface area contributed by atoms with E-state index in [0.717, 1.165) is 19.6 Å². The number of benzene rings is 1. The first-order chi connectivity index (χ1) is 9.67. The fourth-order valence-corrected chi connectivity index (χ4v) is 2.47. The lowest BCUT2D eigenvalue weighted by molar-refractivity contribution is -0.117. The van der Waals surface area contributed by atoms with Crippen molar-refractivity contribution in [1.29, 1.82) is 0 Å². The fourth-order valence-electron chi connectivity index (χ4n) is 2.47. The fraction of sp³-hybridized carbons (Fsp3) is 0.533. The van der Waals surface area contributed by atoms with E-state index in [0.29, 0.717) is 18.3 Å². The summed E-state index contributed by atoms with van der Waals surface area (Å²) in [5.41, 5.74) is 0.631. The number of hydrogen-bond donors (Lipinski definition) is 2. The van der Waals surface area contributed by atoms with Crippen molar-refractivity contribution in [2.45, 2.75) is 25.8 Å². The van der Waals surface area contributed by atoms with Gasteiger partial charge in [0.1, 0.15) is 5.82 Å². The van der Waals surface area contributed by atoms with Crippen LogP contribution in [0.25, 0.3) is 0 Å². The maximum absolute atomic E-state index is 12.8. The second-order valence-corrected chi connectivity index (χ2v) is 5.18. The highest BCUT2D eigenvalue weighted by Gasteiger charge is 2.18. The van der Waals surface area contributed by atoms with Crippen molar-refractivity contribution in [3.05, 3.63) is 30.1 Å². The molecule has 1 unspecified atom stereocenters. The summed E-state index contributed by atoms with van der Waals surface area (Å²) in [6.45, 7) is 5.23. The van der Waals surface area contributed by atoms with Gasteiger partial charge in [-0.1, -0.05) is 6.92 Å². The van der Waals surface area contributed by atoms with E-state index in [-0.39, 0.29) is 11.7 Å². The first-order valence-electron chi connectivity index (χ1n) is 7.18. The lowest BCUT2D eigenvalue weighted by atomic mass is 10.2. The molecule has 20 heavy (non-hydrogen) atoms. The molecule has 0 spiro atoms. The molecule has 1 atom stereocenters. The molecule has 1 heterocycles. The zero-order valence-electron chi connectivity index (χ0n) is 11.9. The summed E-state index contributed by atoms with van der Waals surface area (Å²) in [4.78, 5) is 14.1. The molecular weight excluding hydrogens is 257 g/mol. The Kier molecular flexibility index (Phi) is 5.49. The van der Waals surface area contributed by atoms with Gasteiger partial charge in [-0.15, -0.1) is 0 Å². The molecule has 0 saturated carbocycles. The van der Waals surface area contributed by atoms with Crippen LogP contribution in [0.1, 0.15) is 19.8 Å². The number of rotatable bonds is 6. The molecule has 4 nitrogen and oxygen atoms in total. The second-order valence-electron chi connectivity index (χ2n) is 5.18. The minimum Gasteiger partial charge on any atom is -0.325 e. The number of halogens is 1. The van der Waals surface area contributed by atoms with Gasteiger partial charge in [0, 0.05) is 18.3 Å². The van der Waals surface area contributed by atoms with E-state index in [1.54, 1.807) is 12.1 Å². The predicted molar refractivity (Wildman–Crippen MR) is 78.2 cm³/mol. The van der Waals surface area contributed by atoms with Gasteiger partial charge in [-0.05, 0) is 50.2 Å². The first kappa shape index (κ1) is 14.9. The van der Waals surface area contributed by atoms with Crippen molar-refractivity contribution in [2.24, 2.45) is 0 Å². The van der Waals surface area contributed by atoms with E-state index in [1.165, 1.54) is 25.0 Å². The number of carbonyl (C=O) groups is 1. The van der Waals surface area contributed by atoms with Gasteiger partial charge in [0.05, 0.1) is 6.54 Å². The van der Waals surface area contributed by atoms with E-state index in [4.69, 9.17) is 0 Å². The van der Waals surface area contributed by atoms with Crippen LogP contribution < -0.4 is 10.6 Å². The topological polar surface area (TPSA) is 44.4 Å². The first-order valence-corrected chi connectivity index (χ1v) is 7.18. The van der Waals surface area contributed by atoms with Crippen LogP contribution in [0.4, 0.5) is 10.1 Å². The Morgan fingerprint density at radius 2 is 2.20 bits per heavy atom. The summed E-state index contributed by atoms with van der Waals surface area (Å²) in [7, 11) is 0. The van der Waals surface area contributed by atoms with Crippen LogP contribution in [0.3, 0.4) is 0 Å². The molecular formula is C15H22FN3O. The predicted octanol–water partition coefficient (Wildman–Crippen LogP) is 1.84. The van der Waals surface area contributed by atoms with Crippen molar-refractivity contribution < 1.29 is 9.18 Å². The third-order valence-corrected chi connectivity index (χ3v) is 3.58. The highest BCUT2D eigenvalue weighted by Crippen LogP contribution is 2.09. The number of nitrogens with one attached hydrogen (secondary N) is 2. The monoisotopic (exact) mass is 279 g/mol. The van der Waals surface area contributed by atoms with Crippen molar-refractivity contribution in [1.82, 2.24) is 10.2 Å². The normalized spacial score (nSPS) is 18.4. The third-order valence-electron chi connectivity index (χ3n) is 3.58. The van der Waals surface area contributed by atoms with Crippen molar-refractivity contribution >= 4 is 11.6 Å². The van der Waals surface area contributed by atoms with Crippen LogP contribution in [-0.2, 0) is 4.79 Å². The molecule has 0 aliphatic carbocycles. The van der Waals surface area contributed by atoms with Crippen LogP contribution in [0, 0.1) is 5.82 Å². The summed E-state index contributed by atoms with van der Waals surface area (Å²) < 4.78 is 12.8. The molecule has 1 aliphatic heterocycles. The summed E-state index contributed by atoms with van der Waals surface area (Å²) in [6, 6.07) is 6.32. The van der Waals surface area contributed by atoms with Crippen LogP contribution in [-0.4, -0.2) is 43.0 Å². The SMILES string of the molecule is CCN(CC(=O)Nc1ccc(F)cc1)CC1CCCN1. The van der Waals surface area contributed by atoms with Crippen molar-refractivity contribution in [3.8, 4) is 0 Å². The number of anilines is 1. The molecule has 0 bridgehead atoms. The molecule has 1 fully saturated rings. The minimum atomic E-state index is -0.300. The highest BCUT2D eigenvalue weighted by molar-refractivity contribution is 5.92. The van der Waals surface area contributed by atoms with E-state index >= 15 is 0 Å². The number of amides is 1. The number of carbonyl (C=O) groups excluding carboxylic acids is 1. The summed E-state index contributed by atoms with van der Waals surface area (Å²) >= 11 is 0. The molecule has 0 aromatic heterocycles. The average Bonchev–Trinajstić information content (AvgIpc) is 2.93. The second kappa shape index (κ2) is 7.36. The zero-order chi connectivity index (χ0) is 14.4. The van der Waals surface area contributed by atoms with Gasteiger partial charge in [-0.3, -0.25) is 9.69 Å². The molecule has 110 valence electrons. The Hall–Kier alpha value is -1.46. The molecule has 1 aromatic rings. The Bertz CT molecular complexity index is 429. The molecule has 2 rings (SSSR count). The zero-order valence-corrected chi connectivity index (χ0v) is 11.9. The Balaban J connectivity index is 1.80. The molecule has 0 radical (unpaired) electrons. The molecule has 1 aliphatic rings. The van der Waals surface area contributed by atoms with Gasteiger partial charge in [-0.2, -0.15) is 0 Å². The maximum atomic E-state index is 12.8. The Morgan fingerprint density at radius 3 is 2.80 bits per heavy atom.